The van der Waals surface area contributed by atoms with Crippen LogP contribution >= 0.6 is 0 Å². The first-order valence-corrected chi connectivity index (χ1v) is 15.6. The van der Waals surface area contributed by atoms with Crippen molar-refractivity contribution in [1.82, 2.24) is 0 Å². The zero-order valence-corrected chi connectivity index (χ0v) is 13.2. The van der Waals surface area contributed by atoms with E-state index in [1.165, 1.54) is 10.8 Å². The fourth-order valence-corrected chi connectivity index (χ4v) is 5.16. The first kappa shape index (κ1) is 11.8. The fraction of sp³-hybridized carbons (Fsp3) is 0.286. The Hall–Kier alpha value is -0.701. The van der Waals surface area contributed by atoms with Crippen molar-refractivity contribution in [3.8, 4) is 5.75 Å². The standard InChI is InChI=1S/C11H9O.3CH3.Sn/c1-12-11-7-6-9-4-2-3-5-10(9)8-11;;;;/h3-8H,1H3;3*1H3;. The van der Waals surface area contributed by atoms with Crippen LogP contribution < -0.4 is 8.32 Å². The Balaban J connectivity index is 2.56. The third kappa shape index (κ3) is 2.34. The molecule has 84 valence electrons. The monoisotopic (exact) mass is 322 g/mol. The maximum atomic E-state index is 5.23. The number of rotatable bonds is 2. The summed E-state index contributed by atoms with van der Waals surface area (Å²) in [4.78, 5) is 7.33. The van der Waals surface area contributed by atoms with Crippen LogP contribution in [-0.4, -0.2) is 25.5 Å². The Morgan fingerprint density at radius 2 is 1.50 bits per heavy atom. The summed E-state index contributed by atoms with van der Waals surface area (Å²) in [6, 6.07) is 13.1. The van der Waals surface area contributed by atoms with Crippen molar-refractivity contribution in [3.63, 3.8) is 0 Å². The average molecular weight is 321 g/mol. The van der Waals surface area contributed by atoms with Crippen molar-refractivity contribution in [1.29, 1.82) is 0 Å². The van der Waals surface area contributed by atoms with Gasteiger partial charge in [-0.3, -0.25) is 0 Å². The van der Waals surface area contributed by atoms with E-state index in [1.54, 1.807) is 10.7 Å². The first-order chi connectivity index (χ1) is 7.50. The normalized spacial score (nSPS) is 11.8. The number of fused-ring (bicyclic) bond motifs is 1. The molecule has 1 nitrogen and oxygen atoms in total. The molecular weight excluding hydrogens is 303 g/mol. The van der Waals surface area contributed by atoms with Crippen molar-refractivity contribution in [2.24, 2.45) is 0 Å². The maximum absolute atomic E-state index is 5.23. The molecule has 2 rings (SSSR count). The number of benzene rings is 2. The van der Waals surface area contributed by atoms with Crippen molar-refractivity contribution in [2.45, 2.75) is 14.8 Å². The molecule has 0 atom stereocenters. The van der Waals surface area contributed by atoms with Crippen LogP contribution in [-0.2, 0) is 0 Å². The molecular formula is C14H18OSn. The van der Waals surface area contributed by atoms with Gasteiger partial charge in [-0.05, 0) is 0 Å². The molecule has 0 saturated carbocycles. The molecule has 16 heavy (non-hydrogen) atoms. The summed E-state index contributed by atoms with van der Waals surface area (Å²) >= 11 is -1.92. The molecule has 0 N–H and O–H groups in total. The van der Waals surface area contributed by atoms with Gasteiger partial charge >= 0.3 is 102 Å². The van der Waals surface area contributed by atoms with E-state index in [4.69, 9.17) is 4.74 Å². The van der Waals surface area contributed by atoms with Crippen molar-refractivity contribution in [3.05, 3.63) is 36.4 Å². The van der Waals surface area contributed by atoms with Gasteiger partial charge in [-0.1, -0.05) is 0 Å². The van der Waals surface area contributed by atoms with Gasteiger partial charge in [-0.2, -0.15) is 0 Å². The summed E-state index contributed by atoms with van der Waals surface area (Å²) in [6.45, 7) is 0. The average Bonchev–Trinajstić information content (AvgIpc) is 2.26. The van der Waals surface area contributed by atoms with Gasteiger partial charge in [0.1, 0.15) is 0 Å². The van der Waals surface area contributed by atoms with Gasteiger partial charge in [0.25, 0.3) is 0 Å². The summed E-state index contributed by atoms with van der Waals surface area (Å²) in [5.74, 6) is 0.930. The Morgan fingerprint density at radius 3 is 2.12 bits per heavy atom. The molecule has 0 aromatic heterocycles. The van der Waals surface area contributed by atoms with Crippen LogP contribution in [0.1, 0.15) is 0 Å². The van der Waals surface area contributed by atoms with Gasteiger partial charge in [0.05, 0.1) is 0 Å². The molecule has 0 aliphatic rings. The number of ether oxygens (including phenoxy) is 1. The summed E-state index contributed by atoms with van der Waals surface area (Å²) in [7, 11) is 1.71. The Labute approximate surface area is 101 Å². The van der Waals surface area contributed by atoms with E-state index < -0.39 is 18.4 Å². The molecule has 0 bridgehead atoms. The minimum atomic E-state index is -1.92. The zero-order valence-electron chi connectivity index (χ0n) is 10.4. The summed E-state index contributed by atoms with van der Waals surface area (Å²) in [5, 5.41) is 2.59. The number of hydrogen-bond donors (Lipinski definition) is 0. The van der Waals surface area contributed by atoms with Crippen LogP contribution in [0.2, 0.25) is 14.8 Å². The molecule has 2 aromatic carbocycles. The second kappa shape index (κ2) is 4.28. The van der Waals surface area contributed by atoms with Crippen LogP contribution in [0.5, 0.6) is 5.75 Å². The summed E-state index contributed by atoms with van der Waals surface area (Å²) in [5.41, 5.74) is 0. The molecule has 2 heteroatoms. The van der Waals surface area contributed by atoms with Crippen molar-refractivity contribution in [2.75, 3.05) is 7.11 Å². The van der Waals surface area contributed by atoms with E-state index in [0.717, 1.165) is 5.75 Å². The Kier molecular flexibility index (Phi) is 3.15. The Morgan fingerprint density at radius 1 is 0.875 bits per heavy atom. The van der Waals surface area contributed by atoms with E-state index in [2.05, 4.69) is 45.2 Å². The Bertz CT molecular complexity index is 512. The third-order valence-electron chi connectivity index (χ3n) is 2.91. The SMILES string of the molecule is COc1ccc2c[c]([Sn]([CH3])([CH3])[CH3])ccc2c1. The van der Waals surface area contributed by atoms with Crippen molar-refractivity contribution >= 4 is 32.7 Å². The van der Waals surface area contributed by atoms with Crippen LogP contribution in [0, 0.1) is 0 Å². The first-order valence-electron chi connectivity index (χ1n) is 5.59. The minimum absolute atomic E-state index is 0.930. The number of hydrogen-bond acceptors (Lipinski definition) is 1. The number of methoxy groups -OCH3 is 1. The molecule has 2 aromatic rings. The summed E-state index contributed by atoms with van der Waals surface area (Å²) in [6.07, 6.45) is 0. The van der Waals surface area contributed by atoms with Gasteiger partial charge in [0, 0.05) is 0 Å². The zero-order chi connectivity index (χ0) is 11.8. The van der Waals surface area contributed by atoms with Crippen LogP contribution in [0.15, 0.2) is 36.4 Å². The quantitative estimate of drug-likeness (QED) is 0.771. The van der Waals surface area contributed by atoms with Crippen molar-refractivity contribution < 1.29 is 4.74 Å². The topological polar surface area (TPSA) is 9.23 Å². The second-order valence-electron chi connectivity index (χ2n) is 5.18. The molecule has 0 heterocycles. The van der Waals surface area contributed by atoms with Gasteiger partial charge in [0.15, 0.2) is 0 Å². The molecule has 0 unspecified atom stereocenters. The molecule has 0 aliphatic heterocycles. The van der Waals surface area contributed by atoms with Gasteiger partial charge < -0.3 is 0 Å². The van der Waals surface area contributed by atoms with Crippen LogP contribution in [0.4, 0.5) is 0 Å². The molecule has 0 aliphatic carbocycles. The van der Waals surface area contributed by atoms with Gasteiger partial charge in [-0.25, -0.2) is 0 Å². The van der Waals surface area contributed by atoms with E-state index in [0.29, 0.717) is 0 Å². The van der Waals surface area contributed by atoms with E-state index >= 15 is 0 Å². The molecule has 0 spiro atoms. The predicted octanol–water partition coefficient (Wildman–Crippen LogP) is 3.39. The molecule has 0 fully saturated rings. The summed E-state index contributed by atoms with van der Waals surface area (Å²) < 4.78 is 6.81. The van der Waals surface area contributed by atoms with Crippen LogP contribution in [0.25, 0.3) is 10.8 Å². The molecule has 0 radical (unpaired) electrons. The fourth-order valence-electron chi connectivity index (χ4n) is 1.82. The van der Waals surface area contributed by atoms with Gasteiger partial charge in [-0.15, -0.1) is 0 Å². The van der Waals surface area contributed by atoms with Crippen LogP contribution in [0.3, 0.4) is 0 Å². The molecule has 0 saturated heterocycles. The van der Waals surface area contributed by atoms with E-state index in [-0.39, 0.29) is 0 Å². The van der Waals surface area contributed by atoms with E-state index in [9.17, 15) is 0 Å². The molecule has 0 amide bonds. The predicted molar refractivity (Wildman–Crippen MR) is 73.5 cm³/mol. The third-order valence-corrected chi connectivity index (χ3v) is 8.74. The van der Waals surface area contributed by atoms with E-state index in [1.807, 2.05) is 6.07 Å². The van der Waals surface area contributed by atoms with Gasteiger partial charge in [0.2, 0.25) is 0 Å². The second-order valence-corrected chi connectivity index (χ2v) is 19.7.